The summed E-state index contributed by atoms with van der Waals surface area (Å²) >= 11 is 5.90. The molecule has 0 aliphatic heterocycles. The lowest BCUT2D eigenvalue weighted by Gasteiger charge is -2.22. The number of benzene rings is 2. The minimum Gasteiger partial charge on any atom is -0.457 e. The van der Waals surface area contributed by atoms with Crippen LogP contribution in [0, 0.1) is 5.92 Å². The van der Waals surface area contributed by atoms with Gasteiger partial charge in [-0.1, -0.05) is 36.7 Å². The summed E-state index contributed by atoms with van der Waals surface area (Å²) in [6, 6.07) is 14.7. The van der Waals surface area contributed by atoms with Crippen LogP contribution < -0.4 is 4.74 Å². The highest BCUT2D eigenvalue weighted by Gasteiger charge is 2.20. The quantitative estimate of drug-likeness (QED) is 0.706. The Morgan fingerprint density at radius 2 is 1.92 bits per heavy atom. The summed E-state index contributed by atoms with van der Waals surface area (Å²) in [5.74, 6) is 1.33. The molecule has 1 N–H and O–H groups in total. The largest absolute Gasteiger partial charge is 0.457 e. The van der Waals surface area contributed by atoms with Crippen molar-refractivity contribution in [3.63, 3.8) is 0 Å². The second kappa shape index (κ2) is 7.51. The van der Waals surface area contributed by atoms with Gasteiger partial charge in [0, 0.05) is 35.4 Å². The van der Waals surface area contributed by atoms with Crippen LogP contribution in [0.4, 0.5) is 0 Å². The first-order valence-corrected chi connectivity index (χ1v) is 8.17. The highest BCUT2D eigenvalue weighted by atomic mass is 35.5. The highest BCUT2D eigenvalue weighted by molar-refractivity contribution is 6.30. The summed E-state index contributed by atoms with van der Waals surface area (Å²) in [5, 5.41) is 11.4. The lowest BCUT2D eigenvalue weighted by molar-refractivity contribution is 0.105. The molecule has 4 nitrogen and oxygen atoms in total. The first-order valence-electron chi connectivity index (χ1n) is 7.79. The molecule has 2 aromatic carbocycles. The molecule has 3 rings (SSSR count). The molecule has 0 amide bonds. The average molecular weight is 343 g/mol. The zero-order valence-electron chi connectivity index (χ0n) is 13.3. The van der Waals surface area contributed by atoms with Gasteiger partial charge in [-0.25, -0.2) is 4.98 Å². The van der Waals surface area contributed by atoms with Crippen molar-refractivity contribution in [3.8, 4) is 11.5 Å². The fourth-order valence-electron chi connectivity index (χ4n) is 2.58. The normalized spacial score (nSPS) is 13.5. The lowest BCUT2D eigenvalue weighted by Crippen LogP contribution is -2.15. The number of imidazole rings is 1. The monoisotopic (exact) mass is 342 g/mol. The number of aliphatic hydroxyl groups is 1. The van der Waals surface area contributed by atoms with Gasteiger partial charge in [-0.3, -0.25) is 0 Å². The average Bonchev–Trinajstić information content (AvgIpc) is 3.10. The third kappa shape index (κ3) is 3.96. The zero-order valence-corrected chi connectivity index (χ0v) is 14.1. The van der Waals surface area contributed by atoms with E-state index < -0.39 is 6.10 Å². The molecule has 3 aromatic rings. The predicted molar refractivity (Wildman–Crippen MR) is 94.3 cm³/mol. The summed E-state index contributed by atoms with van der Waals surface area (Å²) in [4.78, 5) is 4.03. The first-order chi connectivity index (χ1) is 11.6. The molecule has 124 valence electrons. The fraction of sp³-hybridized carbons (Fsp3) is 0.211. The molecule has 0 fully saturated rings. The van der Waals surface area contributed by atoms with Gasteiger partial charge in [-0.15, -0.1) is 0 Å². The van der Waals surface area contributed by atoms with Gasteiger partial charge in [0.15, 0.2) is 0 Å². The van der Waals surface area contributed by atoms with Crippen LogP contribution in [0.2, 0.25) is 5.02 Å². The van der Waals surface area contributed by atoms with Crippen molar-refractivity contribution in [1.29, 1.82) is 0 Å². The van der Waals surface area contributed by atoms with Gasteiger partial charge in [-0.05, 0) is 30.3 Å². The number of para-hydroxylation sites is 1. The van der Waals surface area contributed by atoms with E-state index in [2.05, 4.69) is 4.98 Å². The van der Waals surface area contributed by atoms with Crippen molar-refractivity contribution in [2.75, 3.05) is 0 Å². The van der Waals surface area contributed by atoms with Gasteiger partial charge < -0.3 is 14.4 Å². The van der Waals surface area contributed by atoms with E-state index in [9.17, 15) is 5.11 Å². The van der Waals surface area contributed by atoms with Crippen molar-refractivity contribution in [2.24, 2.45) is 5.92 Å². The number of nitrogens with zero attached hydrogens (tertiary/aromatic N) is 2. The summed E-state index contributed by atoms with van der Waals surface area (Å²) in [6.45, 7) is 2.68. The van der Waals surface area contributed by atoms with Crippen molar-refractivity contribution < 1.29 is 9.84 Å². The number of ether oxygens (including phenoxy) is 1. The number of aromatic nitrogens is 2. The number of aliphatic hydroxyl groups excluding tert-OH is 1. The molecule has 0 aliphatic carbocycles. The van der Waals surface area contributed by atoms with E-state index in [1.807, 2.05) is 42.0 Å². The zero-order chi connectivity index (χ0) is 16.9. The molecule has 2 atom stereocenters. The second-order valence-corrected chi connectivity index (χ2v) is 6.21. The van der Waals surface area contributed by atoms with Crippen LogP contribution in [0.5, 0.6) is 11.5 Å². The van der Waals surface area contributed by atoms with Crippen molar-refractivity contribution in [2.45, 2.75) is 19.6 Å². The predicted octanol–water partition coefficient (Wildman–Crippen LogP) is 4.70. The lowest BCUT2D eigenvalue weighted by atomic mass is 9.96. The number of rotatable bonds is 6. The minimum absolute atomic E-state index is 0.00849. The van der Waals surface area contributed by atoms with E-state index in [4.69, 9.17) is 16.3 Å². The van der Waals surface area contributed by atoms with Gasteiger partial charge in [0.1, 0.15) is 11.5 Å². The standard InChI is InChI=1S/C19H19ClN2O2/c1-14(12-22-11-10-21-13-22)19(23)17-4-2-3-5-18(17)24-16-8-6-15(20)7-9-16/h2-11,13-14,19,23H,12H2,1H3. The number of halogens is 1. The maximum absolute atomic E-state index is 10.8. The molecule has 0 saturated heterocycles. The molecule has 5 heteroatoms. The van der Waals surface area contributed by atoms with E-state index in [1.165, 1.54) is 0 Å². The van der Waals surface area contributed by atoms with Gasteiger partial charge in [-0.2, -0.15) is 0 Å². The van der Waals surface area contributed by atoms with E-state index in [0.717, 1.165) is 5.56 Å². The molecule has 0 radical (unpaired) electrons. The third-order valence-electron chi connectivity index (χ3n) is 3.88. The maximum atomic E-state index is 10.8. The van der Waals surface area contributed by atoms with Crippen LogP contribution >= 0.6 is 11.6 Å². The topological polar surface area (TPSA) is 47.3 Å². The molecule has 0 aliphatic rings. The number of hydrogen-bond donors (Lipinski definition) is 1. The summed E-state index contributed by atoms with van der Waals surface area (Å²) < 4.78 is 7.89. The van der Waals surface area contributed by atoms with E-state index >= 15 is 0 Å². The summed E-state index contributed by atoms with van der Waals surface area (Å²) in [6.07, 6.45) is 4.73. The van der Waals surface area contributed by atoms with E-state index in [1.54, 1.807) is 36.8 Å². The Morgan fingerprint density at radius 1 is 1.17 bits per heavy atom. The molecular weight excluding hydrogens is 324 g/mol. The maximum Gasteiger partial charge on any atom is 0.133 e. The third-order valence-corrected chi connectivity index (χ3v) is 4.13. The Bertz CT molecular complexity index is 772. The van der Waals surface area contributed by atoms with Crippen LogP contribution in [-0.2, 0) is 6.54 Å². The van der Waals surface area contributed by atoms with E-state index in [-0.39, 0.29) is 5.92 Å². The first kappa shape index (κ1) is 16.6. The van der Waals surface area contributed by atoms with Crippen LogP contribution in [-0.4, -0.2) is 14.7 Å². The molecule has 0 saturated carbocycles. The Hall–Kier alpha value is -2.30. The van der Waals surface area contributed by atoms with Crippen LogP contribution in [0.1, 0.15) is 18.6 Å². The summed E-state index contributed by atoms with van der Waals surface area (Å²) in [7, 11) is 0. The van der Waals surface area contributed by atoms with E-state index in [0.29, 0.717) is 23.1 Å². The van der Waals surface area contributed by atoms with Gasteiger partial charge in [0.2, 0.25) is 0 Å². The molecule has 1 aromatic heterocycles. The Balaban J connectivity index is 1.78. The van der Waals surface area contributed by atoms with Crippen molar-refractivity contribution in [3.05, 3.63) is 77.8 Å². The Morgan fingerprint density at radius 3 is 2.62 bits per heavy atom. The molecule has 0 bridgehead atoms. The highest BCUT2D eigenvalue weighted by Crippen LogP contribution is 2.33. The van der Waals surface area contributed by atoms with Gasteiger partial charge in [0.05, 0.1) is 12.4 Å². The molecule has 1 heterocycles. The smallest absolute Gasteiger partial charge is 0.133 e. The van der Waals surface area contributed by atoms with Gasteiger partial charge in [0.25, 0.3) is 0 Å². The van der Waals surface area contributed by atoms with Crippen molar-refractivity contribution >= 4 is 11.6 Å². The Kier molecular flexibility index (Phi) is 5.18. The Labute approximate surface area is 146 Å². The van der Waals surface area contributed by atoms with Crippen molar-refractivity contribution in [1.82, 2.24) is 9.55 Å². The SMILES string of the molecule is CC(Cn1ccnc1)C(O)c1ccccc1Oc1ccc(Cl)cc1. The molecule has 2 unspecified atom stereocenters. The summed E-state index contributed by atoms with van der Waals surface area (Å²) in [5.41, 5.74) is 0.764. The van der Waals surface area contributed by atoms with Gasteiger partial charge >= 0.3 is 0 Å². The molecular formula is C19H19ClN2O2. The number of hydrogen-bond acceptors (Lipinski definition) is 3. The second-order valence-electron chi connectivity index (χ2n) is 5.78. The van der Waals surface area contributed by atoms with Crippen LogP contribution in [0.25, 0.3) is 0 Å². The van der Waals surface area contributed by atoms with Crippen LogP contribution in [0.15, 0.2) is 67.3 Å². The molecule has 24 heavy (non-hydrogen) atoms. The minimum atomic E-state index is -0.643. The molecule has 0 spiro atoms. The van der Waals surface area contributed by atoms with Crippen LogP contribution in [0.3, 0.4) is 0 Å². The fourth-order valence-corrected chi connectivity index (χ4v) is 2.71.